The number of carbonyl (C=O) groups is 3. The van der Waals surface area contributed by atoms with Crippen LogP contribution >= 0.6 is 11.5 Å². The van der Waals surface area contributed by atoms with Gasteiger partial charge >= 0.3 is 24.0 Å². The third-order valence-electron chi connectivity index (χ3n) is 3.67. The number of carboxylic acid groups (broad SMARTS) is 1. The molecule has 2 rings (SSSR count). The van der Waals surface area contributed by atoms with Gasteiger partial charge in [-0.1, -0.05) is 13.8 Å². The van der Waals surface area contributed by atoms with Crippen molar-refractivity contribution in [3.63, 3.8) is 0 Å². The standard InChI is InChI=1S/C11H18N4O4S.C5H9NO2/c1-6(2)5-7(8(16)18-3)12-9(17)13-11-14-10(19-4)15-20-11;7-5(8)4-2-1-3-6-4/h6-7H,5H2,1-4H3,(H2,12,13,14,15,17);4,6H,1-3H2,(H,7,8)/t7-;4-/m00/s1. The first-order valence-corrected chi connectivity index (χ1v) is 9.53. The lowest BCUT2D eigenvalue weighted by Gasteiger charge is -2.17. The van der Waals surface area contributed by atoms with E-state index < -0.39 is 24.0 Å². The Bertz CT molecular complexity index is 647. The molecular weight excluding hydrogens is 390 g/mol. The molecular formula is C16H27N5O6S. The molecule has 1 aliphatic heterocycles. The van der Waals surface area contributed by atoms with Crippen LogP contribution in [0.4, 0.5) is 9.93 Å². The number of urea groups is 1. The highest BCUT2D eigenvalue weighted by atomic mass is 32.1. The summed E-state index contributed by atoms with van der Waals surface area (Å²) in [5, 5.41) is 16.5. The number of hydrogen-bond donors (Lipinski definition) is 4. The minimum atomic E-state index is -0.720. The molecule has 0 aromatic carbocycles. The van der Waals surface area contributed by atoms with Gasteiger partial charge in [-0.3, -0.25) is 10.1 Å². The first kappa shape index (κ1) is 23.6. The van der Waals surface area contributed by atoms with E-state index in [1.54, 1.807) is 0 Å². The van der Waals surface area contributed by atoms with Crippen molar-refractivity contribution in [3.8, 4) is 6.01 Å². The fourth-order valence-electron chi connectivity index (χ4n) is 2.36. The second-order valence-electron chi connectivity index (χ2n) is 6.38. The number of esters is 1. The highest BCUT2D eigenvalue weighted by Crippen LogP contribution is 2.15. The predicted octanol–water partition coefficient (Wildman–Crippen LogP) is 1.08. The normalized spacial score (nSPS) is 16.5. The molecule has 11 nitrogen and oxygen atoms in total. The maximum absolute atomic E-state index is 11.8. The minimum absolute atomic E-state index is 0.178. The average Bonchev–Trinajstić information content (AvgIpc) is 3.32. The molecule has 1 aliphatic rings. The van der Waals surface area contributed by atoms with Gasteiger partial charge in [0.15, 0.2) is 0 Å². The van der Waals surface area contributed by atoms with E-state index in [0.29, 0.717) is 6.42 Å². The van der Waals surface area contributed by atoms with E-state index in [1.165, 1.54) is 14.2 Å². The summed E-state index contributed by atoms with van der Waals surface area (Å²) in [5.41, 5.74) is 0. The maximum Gasteiger partial charge on any atom is 0.329 e. The zero-order chi connectivity index (χ0) is 21.1. The van der Waals surface area contributed by atoms with Crippen LogP contribution in [0.5, 0.6) is 6.01 Å². The fourth-order valence-corrected chi connectivity index (χ4v) is 2.90. The number of carboxylic acids is 1. The number of rotatable bonds is 7. The Labute approximate surface area is 167 Å². The Morgan fingerprint density at radius 3 is 2.50 bits per heavy atom. The van der Waals surface area contributed by atoms with E-state index in [0.717, 1.165) is 30.9 Å². The van der Waals surface area contributed by atoms with Crippen LogP contribution in [0.15, 0.2) is 0 Å². The quantitative estimate of drug-likeness (QED) is 0.477. The summed E-state index contributed by atoms with van der Waals surface area (Å²) >= 11 is 0.983. The molecule has 28 heavy (non-hydrogen) atoms. The number of ether oxygens (including phenoxy) is 2. The average molecular weight is 417 g/mol. The molecule has 0 aliphatic carbocycles. The van der Waals surface area contributed by atoms with Gasteiger partial charge in [-0.15, -0.1) is 4.37 Å². The smallest absolute Gasteiger partial charge is 0.329 e. The van der Waals surface area contributed by atoms with Crippen molar-refractivity contribution in [2.24, 2.45) is 5.92 Å². The Morgan fingerprint density at radius 1 is 1.36 bits per heavy atom. The Hall–Kier alpha value is -2.47. The third kappa shape index (κ3) is 8.48. The molecule has 0 radical (unpaired) electrons. The summed E-state index contributed by atoms with van der Waals surface area (Å²) in [5.74, 6) is -0.966. The van der Waals surface area contributed by atoms with Crippen LogP contribution < -0.4 is 20.7 Å². The molecule has 2 heterocycles. The summed E-state index contributed by atoms with van der Waals surface area (Å²) in [6.07, 6.45) is 2.27. The van der Waals surface area contributed by atoms with E-state index in [-0.39, 0.29) is 23.1 Å². The molecule has 158 valence electrons. The number of anilines is 1. The van der Waals surface area contributed by atoms with E-state index in [9.17, 15) is 14.4 Å². The maximum atomic E-state index is 11.8. The van der Waals surface area contributed by atoms with Gasteiger partial charge in [0.2, 0.25) is 5.13 Å². The summed E-state index contributed by atoms with van der Waals surface area (Å²) in [7, 11) is 2.71. The number of methoxy groups -OCH3 is 2. The molecule has 12 heteroatoms. The lowest BCUT2D eigenvalue weighted by molar-refractivity contribution is -0.143. The molecule has 2 amide bonds. The van der Waals surface area contributed by atoms with Gasteiger partial charge in [0.25, 0.3) is 0 Å². The zero-order valence-electron chi connectivity index (χ0n) is 16.4. The number of aliphatic carboxylic acids is 1. The molecule has 1 saturated heterocycles. The van der Waals surface area contributed by atoms with Gasteiger partial charge in [0.1, 0.15) is 12.1 Å². The molecule has 0 saturated carbocycles. The largest absolute Gasteiger partial charge is 0.480 e. The van der Waals surface area contributed by atoms with Crippen molar-refractivity contribution in [1.82, 2.24) is 20.0 Å². The number of nitrogens with one attached hydrogen (secondary N) is 3. The summed E-state index contributed by atoms with van der Waals surface area (Å²) in [4.78, 5) is 37.4. The number of hydrogen-bond acceptors (Lipinski definition) is 9. The zero-order valence-corrected chi connectivity index (χ0v) is 17.2. The van der Waals surface area contributed by atoms with E-state index in [1.807, 2.05) is 13.8 Å². The molecule has 1 fully saturated rings. The monoisotopic (exact) mass is 417 g/mol. The molecule has 2 atom stereocenters. The number of aromatic nitrogens is 2. The van der Waals surface area contributed by atoms with Gasteiger partial charge in [0.05, 0.1) is 14.2 Å². The van der Waals surface area contributed by atoms with E-state index >= 15 is 0 Å². The molecule has 1 aromatic rings. The summed E-state index contributed by atoms with van der Waals surface area (Å²) in [6.45, 7) is 4.76. The summed E-state index contributed by atoms with van der Waals surface area (Å²) in [6, 6.07) is -1.33. The Kier molecular flexibility index (Phi) is 10.2. The van der Waals surface area contributed by atoms with Crippen LogP contribution in [-0.2, 0) is 14.3 Å². The lowest BCUT2D eigenvalue weighted by Crippen LogP contribution is -2.44. The molecule has 1 aromatic heterocycles. The van der Waals surface area contributed by atoms with Crippen LogP contribution in [-0.4, -0.2) is 65.3 Å². The van der Waals surface area contributed by atoms with Gasteiger partial charge in [-0.25, -0.2) is 9.59 Å². The van der Waals surface area contributed by atoms with Crippen molar-refractivity contribution in [2.45, 2.75) is 45.2 Å². The molecule has 4 N–H and O–H groups in total. The van der Waals surface area contributed by atoms with Gasteiger partial charge in [0, 0.05) is 11.5 Å². The topological polar surface area (TPSA) is 152 Å². The molecule has 0 spiro atoms. The first-order valence-electron chi connectivity index (χ1n) is 8.76. The first-order chi connectivity index (χ1) is 13.3. The minimum Gasteiger partial charge on any atom is -0.480 e. The second kappa shape index (κ2) is 12.1. The van der Waals surface area contributed by atoms with Crippen LogP contribution in [0.1, 0.15) is 33.1 Å². The van der Waals surface area contributed by atoms with Crippen LogP contribution in [0, 0.1) is 5.92 Å². The highest BCUT2D eigenvalue weighted by Gasteiger charge is 2.23. The fraction of sp³-hybridized carbons (Fsp3) is 0.688. The van der Waals surface area contributed by atoms with Crippen molar-refractivity contribution >= 4 is 34.6 Å². The van der Waals surface area contributed by atoms with Crippen molar-refractivity contribution in [2.75, 3.05) is 26.1 Å². The van der Waals surface area contributed by atoms with Crippen LogP contribution in [0.25, 0.3) is 0 Å². The second-order valence-corrected chi connectivity index (χ2v) is 7.13. The molecule has 0 bridgehead atoms. The Balaban J connectivity index is 0.000000406. The molecule has 0 unspecified atom stereocenters. The van der Waals surface area contributed by atoms with Crippen LogP contribution in [0.2, 0.25) is 0 Å². The Morgan fingerprint density at radius 2 is 2.07 bits per heavy atom. The van der Waals surface area contributed by atoms with Crippen LogP contribution in [0.3, 0.4) is 0 Å². The van der Waals surface area contributed by atoms with Crippen molar-refractivity contribution in [1.29, 1.82) is 0 Å². The third-order valence-corrected chi connectivity index (χ3v) is 4.28. The highest BCUT2D eigenvalue weighted by molar-refractivity contribution is 7.10. The van der Waals surface area contributed by atoms with E-state index in [4.69, 9.17) is 9.84 Å². The van der Waals surface area contributed by atoms with Gasteiger partial charge in [-0.05, 0) is 31.7 Å². The number of nitrogens with zero attached hydrogens (tertiary/aromatic N) is 2. The van der Waals surface area contributed by atoms with E-state index in [2.05, 4.69) is 30.0 Å². The van der Waals surface area contributed by atoms with Gasteiger partial charge in [-0.2, -0.15) is 4.98 Å². The number of carbonyl (C=O) groups excluding carboxylic acids is 2. The predicted molar refractivity (Wildman–Crippen MR) is 103 cm³/mol. The van der Waals surface area contributed by atoms with Gasteiger partial charge < -0.3 is 25.2 Å². The SMILES string of the molecule is COC(=O)[C@H](CC(C)C)NC(=O)Nc1nc(OC)ns1.O=C(O)[C@@H]1CCCN1. The van der Waals surface area contributed by atoms with Crippen molar-refractivity contribution in [3.05, 3.63) is 0 Å². The lowest BCUT2D eigenvalue weighted by atomic mass is 10.0. The summed E-state index contributed by atoms with van der Waals surface area (Å²) < 4.78 is 13.3. The van der Waals surface area contributed by atoms with Crippen molar-refractivity contribution < 1.29 is 29.0 Å². The number of amides is 2.